The van der Waals surface area contributed by atoms with Crippen molar-refractivity contribution in [2.45, 2.75) is 24.6 Å². The fourth-order valence-electron chi connectivity index (χ4n) is 2.24. The molecule has 1 aliphatic rings. The maximum absolute atomic E-state index is 14.0. The standard InChI is InChI=1S/C10H12FN5O4/c11-4-6(18)3(1-17)20-9(4)16-2-13-7-5(16)8(19)15-10(12)14-7/h2-4,6,9,17-18H,1H2,(H3,12,14,15,19). The highest BCUT2D eigenvalue weighted by atomic mass is 19.1. The molecule has 4 atom stereocenters. The van der Waals surface area contributed by atoms with E-state index in [0.29, 0.717) is 0 Å². The lowest BCUT2D eigenvalue weighted by Crippen LogP contribution is -2.30. The molecule has 1 fully saturated rings. The zero-order valence-corrected chi connectivity index (χ0v) is 10.1. The van der Waals surface area contributed by atoms with Gasteiger partial charge in [0.2, 0.25) is 5.95 Å². The van der Waals surface area contributed by atoms with Gasteiger partial charge in [-0.2, -0.15) is 4.98 Å². The number of H-pyrrole nitrogens is 1. The van der Waals surface area contributed by atoms with Crippen molar-refractivity contribution in [3.63, 3.8) is 0 Å². The number of nitrogen functional groups attached to an aromatic ring is 1. The third-order valence-electron chi connectivity index (χ3n) is 3.21. The summed E-state index contributed by atoms with van der Waals surface area (Å²) in [5.41, 5.74) is 4.82. The number of fused-ring (bicyclic) bond motifs is 1. The van der Waals surface area contributed by atoms with Crippen LogP contribution in [-0.2, 0) is 4.74 Å². The number of aromatic nitrogens is 4. The summed E-state index contributed by atoms with van der Waals surface area (Å²) in [7, 11) is 0. The normalized spacial score (nSPS) is 30.1. The summed E-state index contributed by atoms with van der Waals surface area (Å²) < 4.78 is 20.4. The lowest BCUT2D eigenvalue weighted by atomic mass is 10.1. The first-order valence-electron chi connectivity index (χ1n) is 5.83. The van der Waals surface area contributed by atoms with Gasteiger partial charge in [0.25, 0.3) is 5.56 Å². The Labute approximate surface area is 110 Å². The van der Waals surface area contributed by atoms with Crippen LogP contribution in [0.4, 0.5) is 10.3 Å². The third kappa shape index (κ3) is 1.77. The number of aromatic amines is 1. The molecule has 0 aromatic carbocycles. The number of ether oxygens (including phenoxy) is 1. The number of alkyl halides is 1. The Kier molecular flexibility index (Phi) is 2.92. The molecule has 0 aliphatic carbocycles. The summed E-state index contributed by atoms with van der Waals surface area (Å²) >= 11 is 0. The van der Waals surface area contributed by atoms with Gasteiger partial charge in [-0.1, -0.05) is 0 Å². The Morgan fingerprint density at radius 3 is 3.00 bits per heavy atom. The minimum atomic E-state index is -1.80. The molecular formula is C10H12FN5O4. The summed E-state index contributed by atoms with van der Waals surface area (Å²) in [6.07, 6.45) is -4.44. The van der Waals surface area contributed by atoms with Crippen LogP contribution in [0.2, 0.25) is 0 Å². The van der Waals surface area contributed by atoms with Crippen LogP contribution in [0.1, 0.15) is 6.23 Å². The van der Waals surface area contributed by atoms with Gasteiger partial charge in [-0.05, 0) is 0 Å². The van der Waals surface area contributed by atoms with Crippen LogP contribution in [0, 0.1) is 0 Å². The van der Waals surface area contributed by atoms with Crippen LogP contribution >= 0.6 is 0 Å². The van der Waals surface area contributed by atoms with Crippen LogP contribution in [0.15, 0.2) is 11.1 Å². The molecule has 0 radical (unpaired) electrons. The number of nitrogens with zero attached hydrogens (tertiary/aromatic N) is 3. The topological polar surface area (TPSA) is 139 Å². The molecule has 2 aromatic heterocycles. The molecule has 3 heterocycles. The van der Waals surface area contributed by atoms with Gasteiger partial charge in [-0.25, -0.2) is 9.37 Å². The average Bonchev–Trinajstić information content (AvgIpc) is 2.93. The minimum Gasteiger partial charge on any atom is -0.394 e. The number of rotatable bonds is 2. The second-order valence-electron chi connectivity index (χ2n) is 4.46. The summed E-state index contributed by atoms with van der Waals surface area (Å²) in [5, 5.41) is 18.6. The zero-order valence-electron chi connectivity index (χ0n) is 10.1. The molecule has 0 amide bonds. The van der Waals surface area contributed by atoms with E-state index in [1.165, 1.54) is 6.33 Å². The fraction of sp³-hybridized carbons (Fsp3) is 0.500. The number of aliphatic hydroxyl groups excluding tert-OH is 2. The molecule has 1 aliphatic heterocycles. The number of anilines is 1. The van der Waals surface area contributed by atoms with E-state index in [1.807, 2.05) is 0 Å². The second kappa shape index (κ2) is 4.51. The van der Waals surface area contributed by atoms with Crippen molar-refractivity contribution < 1.29 is 19.3 Å². The van der Waals surface area contributed by atoms with E-state index in [9.17, 15) is 14.3 Å². The highest BCUT2D eigenvalue weighted by Gasteiger charge is 2.45. The Morgan fingerprint density at radius 2 is 2.35 bits per heavy atom. The number of nitrogens with two attached hydrogens (primary N) is 1. The smallest absolute Gasteiger partial charge is 0.278 e. The number of hydrogen-bond acceptors (Lipinski definition) is 7. The van der Waals surface area contributed by atoms with Gasteiger partial charge >= 0.3 is 0 Å². The first kappa shape index (κ1) is 13.0. The van der Waals surface area contributed by atoms with E-state index in [0.717, 1.165) is 4.57 Å². The molecule has 4 unspecified atom stereocenters. The molecule has 0 spiro atoms. The molecule has 0 saturated carbocycles. The van der Waals surface area contributed by atoms with Crippen molar-refractivity contribution in [1.82, 2.24) is 19.5 Å². The molecule has 0 bridgehead atoms. The van der Waals surface area contributed by atoms with Crippen molar-refractivity contribution >= 4 is 17.1 Å². The SMILES string of the molecule is Nc1nc2ncn(C3OC(CO)C(O)C3F)c2c(=O)[nH]1. The Morgan fingerprint density at radius 1 is 1.60 bits per heavy atom. The van der Waals surface area contributed by atoms with Crippen molar-refractivity contribution in [2.75, 3.05) is 12.3 Å². The van der Waals surface area contributed by atoms with Gasteiger partial charge < -0.3 is 20.7 Å². The summed E-state index contributed by atoms with van der Waals surface area (Å²) in [4.78, 5) is 21.8. The lowest BCUT2D eigenvalue weighted by Gasteiger charge is -2.14. The van der Waals surface area contributed by atoms with Crippen molar-refractivity contribution in [1.29, 1.82) is 0 Å². The van der Waals surface area contributed by atoms with E-state index in [2.05, 4.69) is 15.0 Å². The minimum absolute atomic E-state index is 0.0161. The van der Waals surface area contributed by atoms with Gasteiger partial charge in [0.15, 0.2) is 23.6 Å². The second-order valence-corrected chi connectivity index (χ2v) is 4.46. The summed E-state index contributed by atoms with van der Waals surface area (Å²) in [5.74, 6) is -0.106. The maximum atomic E-state index is 14.0. The van der Waals surface area contributed by atoms with E-state index in [-0.39, 0.29) is 17.1 Å². The number of imidazole rings is 1. The van der Waals surface area contributed by atoms with Crippen LogP contribution < -0.4 is 11.3 Å². The molecule has 10 heteroatoms. The number of halogens is 1. The summed E-state index contributed by atoms with van der Waals surface area (Å²) in [6, 6.07) is 0. The number of nitrogens with one attached hydrogen (secondary N) is 1. The van der Waals surface area contributed by atoms with E-state index >= 15 is 0 Å². The van der Waals surface area contributed by atoms with Gasteiger partial charge in [-0.3, -0.25) is 14.3 Å². The average molecular weight is 285 g/mol. The van der Waals surface area contributed by atoms with E-state index in [4.69, 9.17) is 15.6 Å². The van der Waals surface area contributed by atoms with Crippen LogP contribution in [0.25, 0.3) is 11.2 Å². The first-order chi connectivity index (χ1) is 9.52. The van der Waals surface area contributed by atoms with E-state index < -0.39 is 36.8 Å². The van der Waals surface area contributed by atoms with Gasteiger partial charge in [-0.15, -0.1) is 0 Å². The van der Waals surface area contributed by atoms with E-state index in [1.54, 1.807) is 0 Å². The lowest BCUT2D eigenvalue weighted by molar-refractivity contribution is -0.0458. The van der Waals surface area contributed by atoms with Crippen LogP contribution in [-0.4, -0.2) is 54.7 Å². The largest absolute Gasteiger partial charge is 0.394 e. The monoisotopic (exact) mass is 285 g/mol. The first-order valence-corrected chi connectivity index (χ1v) is 5.83. The van der Waals surface area contributed by atoms with Gasteiger partial charge in [0.05, 0.1) is 6.61 Å². The fourth-order valence-corrected chi connectivity index (χ4v) is 2.24. The Hall–Kier alpha value is -2.04. The van der Waals surface area contributed by atoms with Crippen molar-refractivity contribution in [3.05, 3.63) is 16.7 Å². The molecule has 5 N–H and O–H groups in total. The number of aliphatic hydroxyl groups is 2. The molecule has 3 rings (SSSR count). The molecule has 108 valence electrons. The Bertz CT molecular complexity index is 701. The van der Waals surface area contributed by atoms with Gasteiger partial charge in [0, 0.05) is 0 Å². The van der Waals surface area contributed by atoms with Crippen molar-refractivity contribution in [2.24, 2.45) is 0 Å². The molecule has 1 saturated heterocycles. The highest BCUT2D eigenvalue weighted by Crippen LogP contribution is 2.32. The summed E-state index contributed by atoms with van der Waals surface area (Å²) in [6.45, 7) is -0.535. The third-order valence-corrected chi connectivity index (χ3v) is 3.21. The quantitative estimate of drug-likeness (QED) is 0.515. The molecule has 9 nitrogen and oxygen atoms in total. The molecule has 20 heavy (non-hydrogen) atoms. The molecular weight excluding hydrogens is 273 g/mol. The van der Waals surface area contributed by atoms with Crippen LogP contribution in [0.3, 0.4) is 0 Å². The maximum Gasteiger partial charge on any atom is 0.278 e. The highest BCUT2D eigenvalue weighted by molar-refractivity contribution is 5.70. The predicted molar refractivity (Wildman–Crippen MR) is 64.5 cm³/mol. The zero-order chi connectivity index (χ0) is 14.4. The number of hydrogen-bond donors (Lipinski definition) is 4. The van der Waals surface area contributed by atoms with Crippen molar-refractivity contribution in [3.8, 4) is 0 Å². The predicted octanol–water partition coefficient (Wildman–Crippen LogP) is -1.71. The Balaban J connectivity index is 2.10. The van der Waals surface area contributed by atoms with Gasteiger partial charge in [0.1, 0.15) is 18.5 Å². The molecule has 2 aromatic rings. The van der Waals surface area contributed by atoms with Crippen LogP contribution in [0.5, 0.6) is 0 Å².